The second kappa shape index (κ2) is 7.86. The minimum Gasteiger partial charge on any atom is -0.493 e. The average Bonchev–Trinajstić information content (AvgIpc) is 3.17. The van der Waals surface area contributed by atoms with Crippen LogP contribution in [0.2, 0.25) is 0 Å². The van der Waals surface area contributed by atoms with Crippen molar-refractivity contribution in [1.29, 1.82) is 0 Å². The lowest BCUT2D eigenvalue weighted by molar-refractivity contribution is 0.175. The van der Waals surface area contributed by atoms with Gasteiger partial charge >= 0.3 is 0 Å². The molecule has 0 amide bonds. The summed E-state index contributed by atoms with van der Waals surface area (Å²) < 4.78 is 17.1. The number of methoxy groups -OCH3 is 2. The highest BCUT2D eigenvalue weighted by atomic mass is 16.5. The summed E-state index contributed by atoms with van der Waals surface area (Å²) in [5.41, 5.74) is 2.48. The van der Waals surface area contributed by atoms with E-state index >= 15 is 0 Å². The molecule has 1 aliphatic heterocycles. The summed E-state index contributed by atoms with van der Waals surface area (Å²) in [6, 6.07) is 11.6. The Balaban J connectivity index is 1.42. The predicted octanol–water partition coefficient (Wildman–Crippen LogP) is 3.49. The van der Waals surface area contributed by atoms with Gasteiger partial charge in [0, 0.05) is 23.9 Å². The first-order valence-corrected chi connectivity index (χ1v) is 10.2. The Morgan fingerprint density at radius 2 is 1.68 bits per heavy atom. The van der Waals surface area contributed by atoms with Crippen molar-refractivity contribution < 1.29 is 14.2 Å². The van der Waals surface area contributed by atoms with Gasteiger partial charge in [-0.05, 0) is 18.2 Å². The van der Waals surface area contributed by atoms with Crippen LogP contribution in [-0.2, 0) is 0 Å². The van der Waals surface area contributed by atoms with E-state index in [0.717, 1.165) is 34.3 Å². The summed E-state index contributed by atoms with van der Waals surface area (Å²) >= 11 is 0. The molecule has 1 saturated heterocycles. The van der Waals surface area contributed by atoms with Crippen LogP contribution in [-0.4, -0.2) is 53.3 Å². The molecule has 0 radical (unpaired) electrons. The van der Waals surface area contributed by atoms with E-state index in [9.17, 15) is 0 Å². The van der Waals surface area contributed by atoms with Crippen LogP contribution in [0, 0.1) is 5.92 Å². The van der Waals surface area contributed by atoms with Crippen molar-refractivity contribution in [2.45, 2.75) is 13.0 Å². The molecule has 0 saturated carbocycles. The van der Waals surface area contributed by atoms with Gasteiger partial charge < -0.3 is 19.1 Å². The number of hydrogen-bond acceptors (Lipinski definition) is 8. The van der Waals surface area contributed by atoms with Crippen LogP contribution >= 0.6 is 0 Å². The van der Waals surface area contributed by atoms with E-state index < -0.39 is 0 Å². The highest BCUT2D eigenvalue weighted by Gasteiger charge is 2.33. The first-order chi connectivity index (χ1) is 15.2. The quantitative estimate of drug-likeness (QED) is 0.488. The van der Waals surface area contributed by atoms with E-state index in [4.69, 9.17) is 14.2 Å². The van der Waals surface area contributed by atoms with Crippen LogP contribution in [0.5, 0.6) is 17.4 Å². The lowest BCUT2D eigenvalue weighted by Crippen LogP contribution is -2.27. The molecule has 1 aliphatic rings. The lowest BCUT2D eigenvalue weighted by Gasteiger charge is -2.20. The molecule has 0 aliphatic carbocycles. The molecule has 5 rings (SSSR count). The van der Waals surface area contributed by atoms with Gasteiger partial charge in [0.2, 0.25) is 5.88 Å². The Morgan fingerprint density at radius 1 is 0.903 bits per heavy atom. The number of fused-ring (bicyclic) bond motifs is 2. The van der Waals surface area contributed by atoms with Crippen molar-refractivity contribution in [2.24, 2.45) is 5.92 Å². The summed E-state index contributed by atoms with van der Waals surface area (Å²) in [5.74, 6) is 2.98. The highest BCUT2D eigenvalue weighted by Crippen LogP contribution is 2.36. The van der Waals surface area contributed by atoms with Crippen LogP contribution in [0.25, 0.3) is 21.9 Å². The molecule has 2 aromatic heterocycles. The van der Waals surface area contributed by atoms with E-state index in [1.54, 1.807) is 26.7 Å². The molecule has 2 aromatic carbocycles. The first-order valence-electron chi connectivity index (χ1n) is 10.2. The minimum absolute atomic E-state index is 0.0272. The monoisotopic (exact) mass is 417 g/mol. The van der Waals surface area contributed by atoms with E-state index in [1.165, 1.54) is 0 Å². The fourth-order valence-electron chi connectivity index (χ4n) is 4.04. The number of nitrogens with zero attached hydrogens (tertiary/aromatic N) is 5. The molecule has 2 unspecified atom stereocenters. The first kappa shape index (κ1) is 19.3. The molecule has 0 bridgehead atoms. The van der Waals surface area contributed by atoms with Crippen molar-refractivity contribution in [1.82, 2.24) is 19.9 Å². The predicted molar refractivity (Wildman–Crippen MR) is 118 cm³/mol. The Hall–Kier alpha value is -3.68. The molecule has 2 atom stereocenters. The zero-order valence-corrected chi connectivity index (χ0v) is 17.6. The fourth-order valence-corrected chi connectivity index (χ4v) is 4.04. The SMILES string of the molecule is COc1cc2ncnc(N3CC(C)C(Oc4cnc5ccccc5n4)C3)c2cc1OC. The average molecular weight is 417 g/mol. The molecule has 158 valence electrons. The Morgan fingerprint density at radius 3 is 2.48 bits per heavy atom. The largest absolute Gasteiger partial charge is 0.493 e. The molecule has 4 aromatic rings. The molecule has 3 heterocycles. The summed E-state index contributed by atoms with van der Waals surface area (Å²) in [7, 11) is 3.24. The van der Waals surface area contributed by atoms with E-state index in [-0.39, 0.29) is 6.10 Å². The van der Waals surface area contributed by atoms with Crippen LogP contribution < -0.4 is 19.1 Å². The van der Waals surface area contributed by atoms with Gasteiger partial charge in [0.25, 0.3) is 0 Å². The number of aromatic nitrogens is 4. The number of benzene rings is 2. The van der Waals surface area contributed by atoms with Crippen LogP contribution in [0.4, 0.5) is 5.82 Å². The maximum atomic E-state index is 6.24. The molecule has 8 heteroatoms. The van der Waals surface area contributed by atoms with Crippen molar-refractivity contribution in [3.63, 3.8) is 0 Å². The van der Waals surface area contributed by atoms with Gasteiger partial charge in [-0.1, -0.05) is 19.1 Å². The van der Waals surface area contributed by atoms with Crippen LogP contribution in [0.3, 0.4) is 0 Å². The Bertz CT molecular complexity index is 1250. The van der Waals surface area contributed by atoms with Crippen LogP contribution in [0.15, 0.2) is 48.9 Å². The highest BCUT2D eigenvalue weighted by molar-refractivity contribution is 5.92. The summed E-state index contributed by atoms with van der Waals surface area (Å²) in [6.07, 6.45) is 3.24. The molecule has 31 heavy (non-hydrogen) atoms. The van der Waals surface area contributed by atoms with Crippen molar-refractivity contribution in [3.8, 4) is 17.4 Å². The lowest BCUT2D eigenvalue weighted by atomic mass is 10.1. The Kier molecular flexibility index (Phi) is 4.89. The zero-order valence-electron chi connectivity index (χ0n) is 17.6. The molecule has 0 spiro atoms. The third-order valence-corrected chi connectivity index (χ3v) is 5.66. The second-order valence-corrected chi connectivity index (χ2v) is 7.66. The molecular formula is C23H23N5O3. The fraction of sp³-hybridized carbons (Fsp3) is 0.304. The van der Waals surface area contributed by atoms with Gasteiger partial charge in [-0.3, -0.25) is 0 Å². The third-order valence-electron chi connectivity index (χ3n) is 5.66. The third kappa shape index (κ3) is 3.54. The number of hydrogen-bond donors (Lipinski definition) is 0. The number of anilines is 1. The molecule has 8 nitrogen and oxygen atoms in total. The summed E-state index contributed by atoms with van der Waals surface area (Å²) in [6.45, 7) is 3.68. The van der Waals surface area contributed by atoms with Crippen molar-refractivity contribution in [3.05, 3.63) is 48.9 Å². The van der Waals surface area contributed by atoms with Gasteiger partial charge in [0.15, 0.2) is 11.5 Å². The smallest absolute Gasteiger partial charge is 0.233 e. The molecule has 1 fully saturated rings. The van der Waals surface area contributed by atoms with Gasteiger partial charge in [-0.15, -0.1) is 0 Å². The van der Waals surface area contributed by atoms with E-state index in [0.29, 0.717) is 29.8 Å². The molecule has 0 N–H and O–H groups in total. The second-order valence-electron chi connectivity index (χ2n) is 7.66. The van der Waals surface area contributed by atoms with Crippen LogP contribution in [0.1, 0.15) is 6.92 Å². The van der Waals surface area contributed by atoms with Gasteiger partial charge in [-0.25, -0.2) is 19.9 Å². The van der Waals surface area contributed by atoms with Gasteiger partial charge in [0.05, 0.1) is 43.5 Å². The van der Waals surface area contributed by atoms with Crippen molar-refractivity contribution in [2.75, 3.05) is 32.2 Å². The van der Waals surface area contributed by atoms with Gasteiger partial charge in [0.1, 0.15) is 18.2 Å². The van der Waals surface area contributed by atoms with E-state index in [1.807, 2.05) is 36.4 Å². The standard InChI is InChI=1S/C23H23N5O3/c1-14-11-28(12-21(14)31-22-10-24-16-6-4-5-7-17(16)27-22)23-15-8-19(29-2)20(30-3)9-18(15)25-13-26-23/h4-10,13-14,21H,11-12H2,1-3H3. The normalized spacial score (nSPS) is 18.5. The maximum Gasteiger partial charge on any atom is 0.233 e. The zero-order chi connectivity index (χ0) is 21.4. The molecular weight excluding hydrogens is 394 g/mol. The maximum absolute atomic E-state index is 6.24. The number of para-hydroxylation sites is 2. The van der Waals surface area contributed by atoms with E-state index in [2.05, 4.69) is 31.8 Å². The summed E-state index contributed by atoms with van der Waals surface area (Å²) in [5, 5.41) is 0.915. The summed E-state index contributed by atoms with van der Waals surface area (Å²) in [4.78, 5) is 20.3. The Labute approximate surface area is 179 Å². The van der Waals surface area contributed by atoms with Gasteiger partial charge in [-0.2, -0.15) is 0 Å². The number of rotatable bonds is 5. The topological polar surface area (TPSA) is 82.5 Å². The van der Waals surface area contributed by atoms with Crippen molar-refractivity contribution >= 4 is 27.8 Å². The minimum atomic E-state index is -0.0272. The number of ether oxygens (including phenoxy) is 3.